The number of rotatable bonds is 1. The van der Waals surface area contributed by atoms with Gasteiger partial charge in [-0.25, -0.2) is 0 Å². The Morgan fingerprint density at radius 1 is 1.46 bits per heavy atom. The largest absolute Gasteiger partial charge is 0.312 e. The molecule has 1 N–H and O–H groups in total. The fourth-order valence-corrected chi connectivity index (χ4v) is 3.35. The lowest BCUT2D eigenvalue weighted by molar-refractivity contribution is -0.129. The summed E-state index contributed by atoms with van der Waals surface area (Å²) in [5, 5.41) is 7.30. The molecule has 2 saturated carbocycles. The molecule has 13 heavy (non-hydrogen) atoms. The van der Waals surface area contributed by atoms with E-state index in [9.17, 15) is 4.79 Å². The maximum atomic E-state index is 12.0. The minimum absolute atomic E-state index is 0.0891. The van der Waals surface area contributed by atoms with E-state index in [1.165, 1.54) is 6.21 Å². The van der Waals surface area contributed by atoms with E-state index in [2.05, 4.69) is 20.8 Å². The van der Waals surface area contributed by atoms with Crippen LogP contribution in [0.1, 0.15) is 33.6 Å². The van der Waals surface area contributed by atoms with Gasteiger partial charge < -0.3 is 5.41 Å². The SMILES string of the molecule is CC1(C)[C@H]2CC[C@@]1(C)C(=O)[C@H]2C=N. The highest BCUT2D eigenvalue weighted by Crippen LogP contribution is 2.65. The Balaban J connectivity index is 2.50. The highest BCUT2D eigenvalue weighted by molar-refractivity contribution is 6.01. The Kier molecular flexibility index (Phi) is 1.53. The number of carbonyl (C=O) groups is 1. The van der Waals surface area contributed by atoms with Gasteiger partial charge in [-0.05, 0) is 24.2 Å². The Hall–Kier alpha value is -0.660. The van der Waals surface area contributed by atoms with Crippen molar-refractivity contribution in [1.29, 1.82) is 5.41 Å². The van der Waals surface area contributed by atoms with Crippen LogP contribution < -0.4 is 0 Å². The minimum Gasteiger partial charge on any atom is -0.312 e. The van der Waals surface area contributed by atoms with Crippen molar-refractivity contribution in [3.05, 3.63) is 0 Å². The highest BCUT2D eigenvalue weighted by Gasteiger charge is 2.65. The molecule has 2 aliphatic carbocycles. The monoisotopic (exact) mass is 179 g/mol. The van der Waals surface area contributed by atoms with Gasteiger partial charge in [-0.2, -0.15) is 0 Å². The lowest BCUT2D eigenvalue weighted by Crippen LogP contribution is -2.33. The summed E-state index contributed by atoms with van der Waals surface area (Å²) in [7, 11) is 0. The summed E-state index contributed by atoms with van der Waals surface area (Å²) in [4.78, 5) is 12.0. The molecular weight excluding hydrogens is 162 g/mol. The molecule has 2 fully saturated rings. The number of carbonyl (C=O) groups excluding carboxylic acids is 1. The number of hydrogen-bond acceptors (Lipinski definition) is 2. The molecule has 0 spiro atoms. The van der Waals surface area contributed by atoms with Crippen LogP contribution in [0.25, 0.3) is 0 Å². The molecule has 2 nitrogen and oxygen atoms in total. The van der Waals surface area contributed by atoms with Crippen molar-refractivity contribution in [2.75, 3.05) is 0 Å². The molecule has 3 atom stereocenters. The molecule has 2 aliphatic rings. The first-order valence-corrected chi connectivity index (χ1v) is 5.00. The molecule has 0 radical (unpaired) electrons. The Morgan fingerprint density at radius 2 is 2.08 bits per heavy atom. The average molecular weight is 179 g/mol. The van der Waals surface area contributed by atoms with Crippen molar-refractivity contribution in [3.63, 3.8) is 0 Å². The fraction of sp³-hybridized carbons (Fsp3) is 0.818. The van der Waals surface area contributed by atoms with Gasteiger partial charge in [-0.1, -0.05) is 20.8 Å². The summed E-state index contributed by atoms with van der Waals surface area (Å²) in [6.45, 7) is 6.46. The first-order chi connectivity index (χ1) is 5.95. The van der Waals surface area contributed by atoms with Crippen LogP contribution in [0, 0.1) is 28.1 Å². The lowest BCUT2D eigenvalue weighted by atomic mass is 9.70. The second-order valence-corrected chi connectivity index (χ2v) is 5.26. The Labute approximate surface area is 79.2 Å². The molecule has 2 rings (SSSR count). The lowest BCUT2D eigenvalue weighted by Gasteiger charge is -2.32. The first kappa shape index (κ1) is 8.92. The van der Waals surface area contributed by atoms with E-state index in [4.69, 9.17) is 5.41 Å². The third-order valence-corrected chi connectivity index (χ3v) is 4.76. The molecule has 72 valence electrons. The quantitative estimate of drug-likeness (QED) is 0.616. The molecule has 0 heterocycles. The van der Waals surface area contributed by atoms with Gasteiger partial charge >= 0.3 is 0 Å². The van der Waals surface area contributed by atoms with E-state index in [1.54, 1.807) is 0 Å². The third kappa shape index (κ3) is 0.749. The molecule has 0 aromatic carbocycles. The number of Topliss-reactive ketones (excluding diaryl/α,β-unsaturated/α-hetero) is 1. The van der Waals surface area contributed by atoms with Gasteiger partial charge in [0.2, 0.25) is 0 Å². The first-order valence-electron chi connectivity index (χ1n) is 5.00. The molecule has 0 unspecified atom stereocenters. The van der Waals surface area contributed by atoms with E-state index in [-0.39, 0.29) is 16.7 Å². The second kappa shape index (κ2) is 2.23. The van der Waals surface area contributed by atoms with Crippen LogP contribution in [0.15, 0.2) is 0 Å². The zero-order valence-electron chi connectivity index (χ0n) is 8.55. The summed E-state index contributed by atoms with van der Waals surface area (Å²) >= 11 is 0. The summed E-state index contributed by atoms with van der Waals surface area (Å²) in [6.07, 6.45) is 3.50. The minimum atomic E-state index is -0.153. The van der Waals surface area contributed by atoms with Crippen molar-refractivity contribution in [1.82, 2.24) is 0 Å². The molecule has 0 aliphatic heterocycles. The van der Waals surface area contributed by atoms with Crippen LogP contribution in [-0.4, -0.2) is 12.0 Å². The molecule has 0 saturated heterocycles. The van der Waals surface area contributed by atoms with Crippen LogP contribution >= 0.6 is 0 Å². The number of nitrogens with one attached hydrogen (secondary N) is 1. The molecule has 2 heteroatoms. The number of fused-ring (bicyclic) bond motifs is 2. The Bertz CT molecular complexity index is 282. The summed E-state index contributed by atoms with van der Waals surface area (Å²) in [5.74, 6) is 0.639. The van der Waals surface area contributed by atoms with Gasteiger partial charge in [-0.15, -0.1) is 0 Å². The van der Waals surface area contributed by atoms with Crippen molar-refractivity contribution in [2.45, 2.75) is 33.6 Å². The third-order valence-electron chi connectivity index (χ3n) is 4.76. The van der Waals surface area contributed by atoms with Crippen LogP contribution in [0.5, 0.6) is 0 Å². The standard InChI is InChI=1S/C11H17NO/c1-10(2)8-4-5-11(10,3)9(13)7(8)6-12/h6-8,12H,4-5H2,1-3H3/t7-,8-,11-/m0/s1. The topological polar surface area (TPSA) is 40.9 Å². The fourth-order valence-electron chi connectivity index (χ4n) is 3.35. The summed E-state index contributed by atoms with van der Waals surface area (Å²) in [5.41, 5.74) is -0.0494. The summed E-state index contributed by atoms with van der Waals surface area (Å²) in [6, 6.07) is 0. The van der Waals surface area contributed by atoms with Crippen LogP contribution in [0.4, 0.5) is 0 Å². The van der Waals surface area contributed by atoms with Crippen LogP contribution in [0.3, 0.4) is 0 Å². The zero-order valence-corrected chi connectivity index (χ0v) is 8.55. The summed E-state index contributed by atoms with van der Waals surface area (Å²) < 4.78 is 0. The van der Waals surface area contributed by atoms with Gasteiger partial charge in [0.25, 0.3) is 0 Å². The van der Waals surface area contributed by atoms with Gasteiger partial charge in [0, 0.05) is 11.6 Å². The molecule has 0 aromatic rings. The predicted octanol–water partition coefficient (Wildman–Crippen LogP) is 2.28. The van der Waals surface area contributed by atoms with Crippen LogP contribution in [-0.2, 0) is 4.79 Å². The van der Waals surface area contributed by atoms with Gasteiger partial charge in [-0.3, -0.25) is 4.79 Å². The van der Waals surface area contributed by atoms with Crippen molar-refractivity contribution >= 4 is 12.0 Å². The maximum absolute atomic E-state index is 12.0. The van der Waals surface area contributed by atoms with Gasteiger partial charge in [0.15, 0.2) is 0 Å². The molecule has 2 bridgehead atoms. The molecule has 0 amide bonds. The van der Waals surface area contributed by atoms with E-state index >= 15 is 0 Å². The predicted molar refractivity (Wildman–Crippen MR) is 51.9 cm³/mol. The number of ketones is 1. The smallest absolute Gasteiger partial charge is 0.147 e. The second-order valence-electron chi connectivity index (χ2n) is 5.26. The Morgan fingerprint density at radius 3 is 2.38 bits per heavy atom. The average Bonchev–Trinajstić information content (AvgIpc) is 2.36. The molecular formula is C11H17NO. The van der Waals surface area contributed by atoms with Crippen LogP contribution in [0.2, 0.25) is 0 Å². The van der Waals surface area contributed by atoms with Crippen molar-refractivity contribution in [3.8, 4) is 0 Å². The maximum Gasteiger partial charge on any atom is 0.147 e. The highest BCUT2D eigenvalue weighted by atomic mass is 16.1. The van der Waals surface area contributed by atoms with Gasteiger partial charge in [0.1, 0.15) is 5.78 Å². The normalized spacial score (nSPS) is 46.8. The molecule has 0 aromatic heterocycles. The van der Waals surface area contributed by atoms with E-state index in [0.717, 1.165) is 12.8 Å². The van der Waals surface area contributed by atoms with Crippen molar-refractivity contribution < 1.29 is 4.79 Å². The number of hydrogen-bond donors (Lipinski definition) is 1. The van der Waals surface area contributed by atoms with E-state index in [1.807, 2.05) is 0 Å². The van der Waals surface area contributed by atoms with E-state index < -0.39 is 0 Å². The van der Waals surface area contributed by atoms with Gasteiger partial charge in [0.05, 0.1) is 5.92 Å². The zero-order chi connectivity index (χ0) is 9.85. The van der Waals surface area contributed by atoms with Crippen molar-refractivity contribution in [2.24, 2.45) is 22.7 Å². The van der Waals surface area contributed by atoms with E-state index in [0.29, 0.717) is 11.7 Å².